The SMILES string of the molecule is O=CCCCC(Br)[C@H]1C[C@@H]2[C@@H](C=C[C@@H](OC3CCCCO3)C3CCCC3)[C@H](OC3CCCCO3)C[C@H]2O1. The smallest absolute Gasteiger partial charge is 0.158 e. The largest absolute Gasteiger partial charge is 0.373 e. The number of unbranched alkanes of at least 4 members (excludes halogenated alkanes) is 1. The summed E-state index contributed by atoms with van der Waals surface area (Å²) in [6, 6.07) is 0. The Morgan fingerprint density at radius 3 is 2.35 bits per heavy atom. The van der Waals surface area contributed by atoms with E-state index in [0.717, 1.165) is 70.9 Å². The van der Waals surface area contributed by atoms with Gasteiger partial charge in [-0.3, -0.25) is 0 Å². The monoisotopic (exact) mass is 582 g/mol. The van der Waals surface area contributed by atoms with Gasteiger partial charge in [0.1, 0.15) is 6.29 Å². The number of fused-ring (bicyclic) bond motifs is 1. The molecule has 5 rings (SSSR count). The van der Waals surface area contributed by atoms with Crippen molar-refractivity contribution in [3.05, 3.63) is 12.2 Å². The predicted octanol–water partition coefficient (Wildman–Crippen LogP) is 6.48. The second-order valence-corrected chi connectivity index (χ2v) is 13.0. The van der Waals surface area contributed by atoms with E-state index in [1.54, 1.807) is 0 Å². The van der Waals surface area contributed by atoms with Crippen LogP contribution >= 0.6 is 15.9 Å². The molecule has 0 bridgehead atoms. The first-order valence-electron chi connectivity index (χ1n) is 15.2. The number of hydrogen-bond donors (Lipinski definition) is 0. The van der Waals surface area contributed by atoms with Gasteiger partial charge in [-0.2, -0.15) is 0 Å². The third kappa shape index (κ3) is 7.67. The molecule has 7 heteroatoms. The van der Waals surface area contributed by atoms with Crippen molar-refractivity contribution < 1.29 is 28.5 Å². The Hall–Kier alpha value is -0.310. The van der Waals surface area contributed by atoms with Gasteiger partial charge in [0.25, 0.3) is 0 Å². The van der Waals surface area contributed by atoms with Gasteiger partial charge >= 0.3 is 0 Å². The molecular weight excluding hydrogens is 536 g/mol. The first kappa shape index (κ1) is 28.2. The van der Waals surface area contributed by atoms with Crippen LogP contribution in [-0.2, 0) is 28.5 Å². The highest BCUT2D eigenvalue weighted by atomic mass is 79.9. The molecule has 3 saturated heterocycles. The van der Waals surface area contributed by atoms with Crippen LogP contribution in [-0.4, -0.2) is 61.3 Å². The van der Waals surface area contributed by atoms with Gasteiger partial charge in [-0.1, -0.05) is 40.9 Å². The van der Waals surface area contributed by atoms with Crippen LogP contribution in [0, 0.1) is 17.8 Å². The molecule has 2 aliphatic carbocycles. The summed E-state index contributed by atoms with van der Waals surface area (Å²) in [6.45, 7) is 1.61. The zero-order chi connectivity index (χ0) is 25.5. The molecule has 9 atom stereocenters. The number of hydrogen-bond acceptors (Lipinski definition) is 6. The van der Waals surface area contributed by atoms with E-state index in [4.69, 9.17) is 23.7 Å². The molecule has 0 spiro atoms. The molecule has 3 unspecified atom stereocenters. The van der Waals surface area contributed by atoms with Gasteiger partial charge in [0.2, 0.25) is 0 Å². The maximum Gasteiger partial charge on any atom is 0.158 e. The van der Waals surface area contributed by atoms with Crippen LogP contribution in [0.15, 0.2) is 12.2 Å². The molecular formula is C30H47BrO6. The average molecular weight is 584 g/mol. The molecule has 5 aliphatic rings. The number of aldehydes is 1. The minimum Gasteiger partial charge on any atom is -0.373 e. The van der Waals surface area contributed by atoms with Crippen LogP contribution in [0.2, 0.25) is 0 Å². The number of halogens is 1. The summed E-state index contributed by atoms with van der Waals surface area (Å²) >= 11 is 3.88. The van der Waals surface area contributed by atoms with E-state index in [0.29, 0.717) is 29.0 Å². The third-order valence-corrected chi connectivity index (χ3v) is 10.3. The van der Waals surface area contributed by atoms with Crippen LogP contribution in [0.3, 0.4) is 0 Å². The van der Waals surface area contributed by atoms with Gasteiger partial charge in [-0.15, -0.1) is 0 Å². The number of carbonyl (C=O) groups is 1. The standard InChI is InChI=1S/C30H47BrO6/c31-24(11-3-6-16-32)28-19-23-22(26(20-27(23)35-28)37-30-13-5-8-18-34-30)14-15-25(21-9-1-2-10-21)36-29-12-4-7-17-33-29/h14-16,21-30H,1-13,17-20H2/t22-,23-,24?,25-,26-,27-,28-,29?,30?/m1/s1. The summed E-state index contributed by atoms with van der Waals surface area (Å²) in [5.74, 6) is 1.32. The zero-order valence-corrected chi connectivity index (χ0v) is 23.9. The van der Waals surface area contributed by atoms with Crippen molar-refractivity contribution in [1.82, 2.24) is 0 Å². The van der Waals surface area contributed by atoms with Crippen molar-refractivity contribution >= 4 is 22.2 Å². The Labute approximate surface area is 231 Å². The summed E-state index contributed by atoms with van der Waals surface area (Å²) < 4.78 is 31.8. The lowest BCUT2D eigenvalue weighted by molar-refractivity contribution is -0.194. The normalized spacial score (nSPS) is 38.7. The van der Waals surface area contributed by atoms with Gasteiger partial charge in [-0.25, -0.2) is 0 Å². The van der Waals surface area contributed by atoms with E-state index in [1.807, 2.05) is 0 Å². The number of ether oxygens (including phenoxy) is 5. The van der Waals surface area contributed by atoms with Crippen LogP contribution < -0.4 is 0 Å². The highest BCUT2D eigenvalue weighted by Crippen LogP contribution is 2.48. The Morgan fingerprint density at radius 1 is 0.919 bits per heavy atom. The van der Waals surface area contributed by atoms with Crippen molar-refractivity contribution in [1.29, 1.82) is 0 Å². The second-order valence-electron chi connectivity index (χ2n) is 11.8. The molecule has 0 radical (unpaired) electrons. The fourth-order valence-corrected chi connectivity index (χ4v) is 7.83. The van der Waals surface area contributed by atoms with E-state index in [-0.39, 0.29) is 37.0 Å². The minimum atomic E-state index is -0.0888. The molecule has 0 amide bonds. The third-order valence-electron chi connectivity index (χ3n) is 9.22. The van der Waals surface area contributed by atoms with E-state index in [1.165, 1.54) is 38.5 Å². The van der Waals surface area contributed by atoms with E-state index >= 15 is 0 Å². The summed E-state index contributed by atoms with van der Waals surface area (Å²) in [5.41, 5.74) is 0. The maximum absolute atomic E-state index is 10.8. The van der Waals surface area contributed by atoms with Crippen molar-refractivity contribution in [2.24, 2.45) is 17.8 Å². The first-order chi connectivity index (χ1) is 18.2. The molecule has 210 valence electrons. The lowest BCUT2D eigenvalue weighted by Crippen LogP contribution is -2.33. The summed E-state index contributed by atoms with van der Waals surface area (Å²) in [4.78, 5) is 11.1. The fraction of sp³-hybridized carbons (Fsp3) is 0.900. The van der Waals surface area contributed by atoms with Gasteiger partial charge in [0, 0.05) is 36.8 Å². The van der Waals surface area contributed by atoms with Crippen LogP contribution in [0.4, 0.5) is 0 Å². The summed E-state index contributed by atoms with van der Waals surface area (Å²) in [5, 5.41) is 0. The molecule has 3 heterocycles. The topological polar surface area (TPSA) is 63.2 Å². The second kappa shape index (κ2) is 14.4. The molecule has 6 nitrogen and oxygen atoms in total. The highest BCUT2D eigenvalue weighted by molar-refractivity contribution is 9.09. The van der Waals surface area contributed by atoms with Crippen molar-refractivity contribution in [2.75, 3.05) is 13.2 Å². The highest BCUT2D eigenvalue weighted by Gasteiger charge is 2.51. The molecule has 2 saturated carbocycles. The van der Waals surface area contributed by atoms with Crippen LogP contribution in [0.25, 0.3) is 0 Å². The number of carbonyl (C=O) groups excluding carboxylic acids is 1. The lowest BCUT2D eigenvalue weighted by atomic mass is 9.88. The zero-order valence-electron chi connectivity index (χ0n) is 22.4. The Kier molecular flexibility index (Phi) is 11.0. The van der Waals surface area contributed by atoms with Crippen LogP contribution in [0.1, 0.15) is 96.3 Å². The van der Waals surface area contributed by atoms with Crippen LogP contribution in [0.5, 0.6) is 0 Å². The fourth-order valence-electron chi connectivity index (χ4n) is 7.17. The van der Waals surface area contributed by atoms with Gasteiger partial charge in [-0.05, 0) is 82.5 Å². The van der Waals surface area contributed by atoms with Crippen molar-refractivity contribution in [3.8, 4) is 0 Å². The number of alkyl halides is 1. The summed E-state index contributed by atoms with van der Waals surface area (Å²) in [7, 11) is 0. The van der Waals surface area contributed by atoms with E-state index in [2.05, 4.69) is 28.1 Å². The van der Waals surface area contributed by atoms with Gasteiger partial charge < -0.3 is 28.5 Å². The number of rotatable bonds is 12. The molecule has 37 heavy (non-hydrogen) atoms. The Bertz CT molecular complexity index is 715. The Balaban J connectivity index is 1.27. The van der Waals surface area contributed by atoms with Crippen molar-refractivity contribution in [3.63, 3.8) is 0 Å². The lowest BCUT2D eigenvalue weighted by Gasteiger charge is -2.31. The van der Waals surface area contributed by atoms with Gasteiger partial charge in [0.05, 0.1) is 24.4 Å². The molecule has 0 N–H and O–H groups in total. The van der Waals surface area contributed by atoms with Gasteiger partial charge in [0.15, 0.2) is 12.6 Å². The first-order valence-corrected chi connectivity index (χ1v) is 16.1. The molecule has 5 fully saturated rings. The molecule has 0 aromatic carbocycles. The van der Waals surface area contributed by atoms with Crippen molar-refractivity contribution in [2.45, 2.75) is 138 Å². The maximum atomic E-state index is 10.8. The quantitative estimate of drug-likeness (QED) is 0.113. The van der Waals surface area contributed by atoms with E-state index in [9.17, 15) is 4.79 Å². The average Bonchev–Trinajstić information content (AvgIpc) is 3.66. The molecule has 0 aromatic rings. The minimum absolute atomic E-state index is 0.0669. The molecule has 0 aromatic heterocycles. The summed E-state index contributed by atoms with van der Waals surface area (Å²) in [6.07, 6.45) is 22.4. The predicted molar refractivity (Wildman–Crippen MR) is 146 cm³/mol. The Morgan fingerprint density at radius 2 is 1.65 bits per heavy atom. The molecule has 3 aliphatic heterocycles. The van der Waals surface area contributed by atoms with E-state index < -0.39 is 0 Å².